The molecule has 0 aromatic carbocycles. The maximum absolute atomic E-state index is 12.6. The molecule has 1 atom stereocenters. The molecule has 0 spiro atoms. The van der Waals surface area contributed by atoms with Crippen LogP contribution in [0.4, 0.5) is 0 Å². The molecule has 0 saturated heterocycles. The van der Waals surface area contributed by atoms with E-state index < -0.39 is 0 Å². The van der Waals surface area contributed by atoms with E-state index in [1.54, 1.807) is 18.0 Å². The van der Waals surface area contributed by atoms with Crippen molar-refractivity contribution >= 4 is 5.91 Å². The maximum Gasteiger partial charge on any atom is 0.276 e. The molecule has 2 aromatic heterocycles. The molecular weight excluding hydrogens is 268 g/mol. The van der Waals surface area contributed by atoms with Gasteiger partial charge in [0.25, 0.3) is 5.91 Å². The number of carbonyl (C=O) groups is 1. The number of pyridine rings is 1. The van der Waals surface area contributed by atoms with E-state index in [0.717, 1.165) is 24.8 Å². The Kier molecular flexibility index (Phi) is 3.37. The third kappa shape index (κ3) is 2.26. The minimum atomic E-state index is -0.269. The Morgan fingerprint density at radius 3 is 3.10 bits per heavy atom. The van der Waals surface area contributed by atoms with Crippen molar-refractivity contribution in [2.24, 2.45) is 7.05 Å². The standard InChI is InChI=1S/C15H18N4O2/c1-18(15(21)14-13(20)7-4-8-16-14)11-5-3-6-12-10(11)9-17-19(12)2/h4,7-9,11,20H,3,5-6H2,1-2H3. The summed E-state index contributed by atoms with van der Waals surface area (Å²) >= 11 is 0. The van der Waals surface area contributed by atoms with Gasteiger partial charge >= 0.3 is 0 Å². The second kappa shape index (κ2) is 5.20. The van der Waals surface area contributed by atoms with E-state index in [1.165, 1.54) is 18.0 Å². The normalized spacial score (nSPS) is 17.3. The molecule has 1 amide bonds. The molecular formula is C15H18N4O2. The molecule has 0 fully saturated rings. The SMILES string of the molecule is CN(C(=O)c1ncccc1O)C1CCCc2c1cnn2C. The lowest BCUT2D eigenvalue weighted by Crippen LogP contribution is -2.33. The molecule has 2 aromatic rings. The van der Waals surface area contributed by atoms with Crippen LogP contribution in [0.25, 0.3) is 0 Å². The quantitative estimate of drug-likeness (QED) is 0.911. The zero-order chi connectivity index (χ0) is 15.0. The smallest absolute Gasteiger partial charge is 0.276 e. The van der Waals surface area contributed by atoms with Gasteiger partial charge in [-0.05, 0) is 31.4 Å². The lowest BCUT2D eigenvalue weighted by molar-refractivity contribution is 0.0705. The molecule has 0 bridgehead atoms. The second-order valence-corrected chi connectivity index (χ2v) is 5.37. The first-order valence-electron chi connectivity index (χ1n) is 7.01. The lowest BCUT2D eigenvalue weighted by Gasteiger charge is -2.31. The van der Waals surface area contributed by atoms with Crippen LogP contribution < -0.4 is 0 Å². The topological polar surface area (TPSA) is 71.2 Å². The molecule has 1 unspecified atom stereocenters. The van der Waals surface area contributed by atoms with E-state index in [1.807, 2.05) is 17.9 Å². The molecule has 2 heterocycles. The van der Waals surface area contributed by atoms with Gasteiger partial charge in [0.15, 0.2) is 5.69 Å². The molecule has 1 N–H and O–H groups in total. The zero-order valence-electron chi connectivity index (χ0n) is 12.2. The number of carbonyl (C=O) groups excluding carboxylic acids is 1. The number of rotatable bonds is 2. The highest BCUT2D eigenvalue weighted by Crippen LogP contribution is 2.34. The predicted octanol–water partition coefficient (Wildman–Crippen LogP) is 1.67. The molecule has 6 heteroatoms. The van der Waals surface area contributed by atoms with Crippen LogP contribution in [0.3, 0.4) is 0 Å². The van der Waals surface area contributed by atoms with Gasteiger partial charge in [-0.15, -0.1) is 0 Å². The van der Waals surface area contributed by atoms with Gasteiger partial charge in [0.1, 0.15) is 5.75 Å². The summed E-state index contributed by atoms with van der Waals surface area (Å²) in [5.41, 5.74) is 2.36. The zero-order valence-corrected chi connectivity index (χ0v) is 12.2. The van der Waals surface area contributed by atoms with Crippen molar-refractivity contribution in [3.05, 3.63) is 41.5 Å². The molecule has 21 heavy (non-hydrogen) atoms. The Bertz CT molecular complexity index is 680. The van der Waals surface area contributed by atoms with Gasteiger partial charge in [-0.3, -0.25) is 9.48 Å². The van der Waals surface area contributed by atoms with Gasteiger partial charge < -0.3 is 10.0 Å². The monoisotopic (exact) mass is 286 g/mol. The van der Waals surface area contributed by atoms with Crippen LogP contribution in [0.15, 0.2) is 24.5 Å². The number of fused-ring (bicyclic) bond motifs is 1. The predicted molar refractivity (Wildman–Crippen MR) is 76.9 cm³/mol. The molecule has 110 valence electrons. The van der Waals surface area contributed by atoms with Gasteiger partial charge in [-0.25, -0.2) is 4.98 Å². The average molecular weight is 286 g/mol. The minimum Gasteiger partial charge on any atom is -0.505 e. The summed E-state index contributed by atoms with van der Waals surface area (Å²) in [7, 11) is 3.68. The molecule has 0 radical (unpaired) electrons. The Balaban J connectivity index is 1.91. The third-order valence-electron chi connectivity index (χ3n) is 4.12. The van der Waals surface area contributed by atoms with Gasteiger partial charge in [-0.2, -0.15) is 5.10 Å². The van der Waals surface area contributed by atoms with Crippen molar-refractivity contribution in [3.63, 3.8) is 0 Å². The van der Waals surface area contributed by atoms with Crippen LogP contribution in [-0.2, 0) is 13.5 Å². The maximum atomic E-state index is 12.6. The molecule has 6 nitrogen and oxygen atoms in total. The first kappa shape index (κ1) is 13.6. The van der Waals surface area contributed by atoms with E-state index in [-0.39, 0.29) is 23.4 Å². The number of aromatic nitrogens is 3. The molecule has 1 aliphatic rings. The summed E-state index contributed by atoms with van der Waals surface area (Å²) in [5.74, 6) is -0.355. The Hall–Kier alpha value is -2.37. The summed E-state index contributed by atoms with van der Waals surface area (Å²) in [4.78, 5) is 18.2. The van der Waals surface area contributed by atoms with Crippen LogP contribution in [0, 0.1) is 0 Å². The van der Waals surface area contributed by atoms with Crippen molar-refractivity contribution in [2.45, 2.75) is 25.3 Å². The fourth-order valence-electron chi connectivity index (χ4n) is 2.96. The molecule has 3 rings (SSSR count). The van der Waals surface area contributed by atoms with Crippen LogP contribution >= 0.6 is 0 Å². The van der Waals surface area contributed by atoms with Crippen LogP contribution in [0.2, 0.25) is 0 Å². The number of nitrogens with zero attached hydrogens (tertiary/aromatic N) is 4. The number of aryl methyl sites for hydroxylation is 1. The van der Waals surface area contributed by atoms with Crippen molar-refractivity contribution in [3.8, 4) is 5.75 Å². The largest absolute Gasteiger partial charge is 0.505 e. The molecule has 0 saturated carbocycles. The first-order valence-corrected chi connectivity index (χ1v) is 7.01. The fourth-order valence-corrected chi connectivity index (χ4v) is 2.96. The van der Waals surface area contributed by atoms with E-state index in [0.29, 0.717) is 0 Å². The van der Waals surface area contributed by atoms with E-state index in [4.69, 9.17) is 0 Å². The third-order valence-corrected chi connectivity index (χ3v) is 4.12. The van der Waals surface area contributed by atoms with Crippen molar-refractivity contribution < 1.29 is 9.90 Å². The summed E-state index contributed by atoms with van der Waals surface area (Å²) in [6.45, 7) is 0. The molecule has 1 aliphatic carbocycles. The second-order valence-electron chi connectivity index (χ2n) is 5.37. The number of hydrogen-bond donors (Lipinski definition) is 1. The number of aromatic hydroxyl groups is 1. The summed E-state index contributed by atoms with van der Waals surface area (Å²) in [5, 5.41) is 14.1. The highest BCUT2D eigenvalue weighted by Gasteiger charge is 2.30. The van der Waals surface area contributed by atoms with Crippen LogP contribution in [-0.4, -0.2) is 37.7 Å². The van der Waals surface area contributed by atoms with Gasteiger partial charge in [0.05, 0.1) is 12.2 Å². The highest BCUT2D eigenvalue weighted by atomic mass is 16.3. The average Bonchev–Trinajstić information content (AvgIpc) is 2.88. The van der Waals surface area contributed by atoms with Gasteiger partial charge in [0.2, 0.25) is 0 Å². The fraction of sp³-hybridized carbons (Fsp3) is 0.400. The summed E-state index contributed by atoms with van der Waals surface area (Å²) in [6.07, 6.45) is 6.25. The van der Waals surface area contributed by atoms with Crippen molar-refractivity contribution in [1.29, 1.82) is 0 Å². The van der Waals surface area contributed by atoms with Gasteiger partial charge in [-0.1, -0.05) is 0 Å². The summed E-state index contributed by atoms with van der Waals surface area (Å²) in [6, 6.07) is 3.06. The molecule has 0 aliphatic heterocycles. The highest BCUT2D eigenvalue weighted by molar-refractivity contribution is 5.94. The Labute approximate surface area is 123 Å². The van der Waals surface area contributed by atoms with Crippen molar-refractivity contribution in [2.75, 3.05) is 7.05 Å². The first-order chi connectivity index (χ1) is 10.1. The lowest BCUT2D eigenvalue weighted by atomic mass is 9.92. The van der Waals surface area contributed by atoms with E-state index >= 15 is 0 Å². The minimum absolute atomic E-state index is 0.0173. The van der Waals surface area contributed by atoms with Crippen LogP contribution in [0.5, 0.6) is 5.75 Å². The number of amides is 1. The van der Waals surface area contributed by atoms with Gasteiger partial charge in [0, 0.05) is 31.5 Å². The van der Waals surface area contributed by atoms with Crippen LogP contribution in [0.1, 0.15) is 40.6 Å². The van der Waals surface area contributed by atoms with Crippen molar-refractivity contribution in [1.82, 2.24) is 19.7 Å². The van der Waals surface area contributed by atoms with E-state index in [2.05, 4.69) is 10.1 Å². The van der Waals surface area contributed by atoms with E-state index in [9.17, 15) is 9.90 Å². The number of hydrogen-bond acceptors (Lipinski definition) is 4. The Morgan fingerprint density at radius 2 is 2.33 bits per heavy atom. The Morgan fingerprint density at radius 1 is 1.52 bits per heavy atom. The summed E-state index contributed by atoms with van der Waals surface area (Å²) < 4.78 is 1.87.